The van der Waals surface area contributed by atoms with Gasteiger partial charge in [-0.1, -0.05) is 49.4 Å². The normalized spacial score (nSPS) is 15.5. The first kappa shape index (κ1) is 25.4. The molecule has 0 amide bonds. The topological polar surface area (TPSA) is 79.1 Å². The minimum atomic E-state index is -0.643. The number of rotatable bonds is 7. The zero-order valence-electron chi connectivity index (χ0n) is 21.3. The summed E-state index contributed by atoms with van der Waals surface area (Å²) in [7, 11) is 3.17. The van der Waals surface area contributed by atoms with Crippen molar-refractivity contribution < 1.29 is 19.0 Å². The fourth-order valence-electron chi connectivity index (χ4n) is 4.26. The van der Waals surface area contributed by atoms with Crippen molar-refractivity contribution in [2.24, 2.45) is 4.99 Å². The maximum absolute atomic E-state index is 13.8. The summed E-state index contributed by atoms with van der Waals surface area (Å²) in [6, 6.07) is 12.8. The summed E-state index contributed by atoms with van der Waals surface area (Å²) in [5, 5.41) is 0. The summed E-state index contributed by atoms with van der Waals surface area (Å²) in [6.07, 6.45) is 1.77. The number of nitrogens with zero attached hydrogens (tertiary/aromatic N) is 2. The maximum Gasteiger partial charge on any atom is 0.338 e. The van der Waals surface area contributed by atoms with E-state index in [9.17, 15) is 9.59 Å². The zero-order chi connectivity index (χ0) is 26.0. The van der Waals surface area contributed by atoms with Gasteiger partial charge in [0, 0.05) is 5.56 Å². The van der Waals surface area contributed by atoms with Crippen molar-refractivity contribution in [3.63, 3.8) is 0 Å². The Balaban J connectivity index is 1.95. The van der Waals surface area contributed by atoms with Gasteiger partial charge in [-0.05, 0) is 55.2 Å². The number of fused-ring (bicyclic) bond motifs is 1. The van der Waals surface area contributed by atoms with Crippen molar-refractivity contribution >= 4 is 23.4 Å². The number of ether oxygens (including phenoxy) is 3. The van der Waals surface area contributed by atoms with Crippen LogP contribution in [0.1, 0.15) is 56.3 Å². The van der Waals surface area contributed by atoms with Gasteiger partial charge in [0.05, 0.1) is 42.7 Å². The number of hydrogen-bond donors (Lipinski definition) is 0. The SMILES string of the molecule is CCOC(=O)C1=C(C)N=c2s/c(=C/c3cc(OC)ccc3OC)c(=O)n2C1c1ccc(C(C)C)cc1. The summed E-state index contributed by atoms with van der Waals surface area (Å²) in [6.45, 7) is 8.02. The van der Waals surface area contributed by atoms with Crippen LogP contribution >= 0.6 is 11.3 Å². The second-order valence-corrected chi connectivity index (χ2v) is 9.74. The van der Waals surface area contributed by atoms with Crippen LogP contribution in [0.2, 0.25) is 0 Å². The van der Waals surface area contributed by atoms with Crippen LogP contribution < -0.4 is 24.4 Å². The predicted molar refractivity (Wildman–Crippen MR) is 140 cm³/mol. The van der Waals surface area contributed by atoms with Gasteiger partial charge in [-0.15, -0.1) is 0 Å². The number of carbonyl (C=O) groups excluding carboxylic acids is 1. The number of carbonyl (C=O) groups is 1. The standard InChI is InChI=1S/C28H30N2O5S/c1-7-35-27(32)24-17(4)29-28-30(25(24)19-10-8-18(9-11-19)16(2)3)26(31)23(36-28)15-20-14-21(33-5)12-13-22(20)34-6/h8-16,25H,7H2,1-6H3/b23-15+. The Morgan fingerprint density at radius 2 is 1.86 bits per heavy atom. The van der Waals surface area contributed by atoms with E-state index < -0.39 is 12.0 Å². The van der Waals surface area contributed by atoms with Crippen molar-refractivity contribution in [1.29, 1.82) is 0 Å². The Bertz CT molecular complexity index is 1500. The average Bonchev–Trinajstić information content (AvgIpc) is 3.17. The Morgan fingerprint density at radius 3 is 2.47 bits per heavy atom. The molecule has 1 aliphatic rings. The molecule has 0 spiro atoms. The number of hydrogen-bond acceptors (Lipinski definition) is 7. The molecule has 4 rings (SSSR count). The van der Waals surface area contributed by atoms with E-state index in [0.717, 1.165) is 5.56 Å². The number of methoxy groups -OCH3 is 2. The van der Waals surface area contributed by atoms with Gasteiger partial charge in [0.2, 0.25) is 0 Å². The summed E-state index contributed by atoms with van der Waals surface area (Å²) >= 11 is 1.27. The Morgan fingerprint density at radius 1 is 1.14 bits per heavy atom. The van der Waals surface area contributed by atoms with Crippen molar-refractivity contribution in [2.75, 3.05) is 20.8 Å². The van der Waals surface area contributed by atoms with Crippen LogP contribution in [-0.2, 0) is 9.53 Å². The third kappa shape index (κ3) is 4.73. The van der Waals surface area contributed by atoms with Crippen molar-refractivity contribution in [1.82, 2.24) is 4.57 Å². The van der Waals surface area contributed by atoms with Gasteiger partial charge in [-0.2, -0.15) is 0 Å². The molecule has 7 nitrogen and oxygen atoms in total. The first-order valence-corrected chi connectivity index (χ1v) is 12.6. The van der Waals surface area contributed by atoms with Crippen molar-refractivity contribution in [3.8, 4) is 11.5 Å². The van der Waals surface area contributed by atoms with Crippen LogP contribution in [0.25, 0.3) is 6.08 Å². The highest BCUT2D eigenvalue weighted by Gasteiger charge is 2.33. The fraction of sp³-hybridized carbons (Fsp3) is 0.321. The van der Waals surface area contributed by atoms with Crippen LogP contribution in [0.3, 0.4) is 0 Å². The lowest BCUT2D eigenvalue weighted by Gasteiger charge is -2.25. The zero-order valence-corrected chi connectivity index (χ0v) is 22.1. The lowest BCUT2D eigenvalue weighted by atomic mass is 9.93. The van der Waals surface area contributed by atoms with Crippen LogP contribution in [0.5, 0.6) is 11.5 Å². The number of aromatic nitrogens is 1. The number of allylic oxidation sites excluding steroid dienone is 1. The fourth-order valence-corrected chi connectivity index (χ4v) is 5.30. The minimum Gasteiger partial charge on any atom is -0.497 e. The average molecular weight is 507 g/mol. The molecule has 0 fully saturated rings. The van der Waals surface area contributed by atoms with Gasteiger partial charge in [0.15, 0.2) is 4.80 Å². The van der Waals surface area contributed by atoms with Crippen LogP contribution in [0, 0.1) is 0 Å². The second-order valence-electron chi connectivity index (χ2n) is 8.73. The van der Waals surface area contributed by atoms with E-state index in [0.29, 0.717) is 43.6 Å². The van der Waals surface area contributed by atoms with Crippen LogP contribution in [0.4, 0.5) is 0 Å². The van der Waals surface area contributed by atoms with E-state index >= 15 is 0 Å². The van der Waals surface area contributed by atoms with E-state index in [-0.39, 0.29) is 12.2 Å². The van der Waals surface area contributed by atoms with E-state index in [1.54, 1.807) is 50.8 Å². The van der Waals surface area contributed by atoms with Gasteiger partial charge in [0.1, 0.15) is 11.5 Å². The molecule has 1 atom stereocenters. The van der Waals surface area contributed by atoms with Crippen LogP contribution in [-0.4, -0.2) is 31.4 Å². The highest BCUT2D eigenvalue weighted by atomic mass is 32.1. The summed E-state index contributed by atoms with van der Waals surface area (Å²) in [4.78, 5) is 32.0. The Labute approximate surface area is 214 Å². The van der Waals surface area contributed by atoms with Gasteiger partial charge in [-0.25, -0.2) is 9.79 Å². The summed E-state index contributed by atoms with van der Waals surface area (Å²) in [5.41, 5.74) is 3.38. The molecular weight excluding hydrogens is 476 g/mol. The maximum atomic E-state index is 13.8. The molecule has 1 aromatic heterocycles. The van der Waals surface area contributed by atoms with Crippen molar-refractivity contribution in [3.05, 3.63) is 90.1 Å². The van der Waals surface area contributed by atoms with Gasteiger partial charge < -0.3 is 14.2 Å². The second kappa shape index (κ2) is 10.5. The lowest BCUT2D eigenvalue weighted by molar-refractivity contribution is -0.139. The van der Waals surface area contributed by atoms with Gasteiger partial charge in [-0.3, -0.25) is 9.36 Å². The molecule has 8 heteroatoms. The minimum absolute atomic E-state index is 0.231. The first-order chi connectivity index (χ1) is 17.3. The molecule has 36 heavy (non-hydrogen) atoms. The molecule has 0 radical (unpaired) electrons. The van der Waals surface area contributed by atoms with E-state index in [1.807, 2.05) is 30.3 Å². The third-order valence-corrected chi connectivity index (χ3v) is 7.14. The third-order valence-electron chi connectivity index (χ3n) is 6.16. The van der Waals surface area contributed by atoms with E-state index in [4.69, 9.17) is 14.2 Å². The molecule has 1 aliphatic heterocycles. The van der Waals surface area contributed by atoms with E-state index in [1.165, 1.54) is 16.9 Å². The molecule has 0 bridgehead atoms. The molecule has 0 saturated carbocycles. The number of thiazole rings is 1. The van der Waals surface area contributed by atoms with Crippen LogP contribution in [0.15, 0.2) is 63.5 Å². The number of esters is 1. The molecule has 2 aromatic carbocycles. The molecule has 3 aromatic rings. The quantitative estimate of drug-likeness (QED) is 0.454. The smallest absolute Gasteiger partial charge is 0.338 e. The highest BCUT2D eigenvalue weighted by Crippen LogP contribution is 2.31. The summed E-state index contributed by atoms with van der Waals surface area (Å²) in [5.74, 6) is 1.16. The molecule has 0 N–H and O–H groups in total. The highest BCUT2D eigenvalue weighted by molar-refractivity contribution is 7.07. The predicted octanol–water partition coefficient (Wildman–Crippen LogP) is 3.94. The van der Waals surface area contributed by atoms with Crippen molar-refractivity contribution in [2.45, 2.75) is 39.7 Å². The first-order valence-electron chi connectivity index (χ1n) is 11.8. The monoisotopic (exact) mass is 506 g/mol. The lowest BCUT2D eigenvalue weighted by Crippen LogP contribution is -2.39. The van der Waals surface area contributed by atoms with Gasteiger partial charge >= 0.3 is 5.97 Å². The molecule has 1 unspecified atom stereocenters. The summed E-state index contributed by atoms with van der Waals surface area (Å²) < 4.78 is 18.3. The Hall–Kier alpha value is -3.65. The Kier molecular flexibility index (Phi) is 7.45. The molecule has 0 aliphatic carbocycles. The van der Waals surface area contributed by atoms with E-state index in [2.05, 4.69) is 18.8 Å². The molecule has 2 heterocycles. The molecule has 188 valence electrons. The number of benzene rings is 2. The van der Waals surface area contributed by atoms with Gasteiger partial charge in [0.25, 0.3) is 5.56 Å². The largest absolute Gasteiger partial charge is 0.497 e. The molecule has 0 saturated heterocycles. The molecular formula is C28H30N2O5S.